The minimum atomic E-state index is 0.692. The molecule has 1 heterocycles. The summed E-state index contributed by atoms with van der Waals surface area (Å²) in [5.41, 5.74) is 3.95. The zero-order valence-electron chi connectivity index (χ0n) is 11.0. The maximum atomic E-state index is 9.18. The number of rotatable bonds is 2. The lowest BCUT2D eigenvalue weighted by Crippen LogP contribution is -2.10. The summed E-state index contributed by atoms with van der Waals surface area (Å²) >= 11 is 6.00. The molecule has 0 amide bonds. The number of nitrogens with one attached hydrogen (secondary N) is 1. The number of fused-ring (bicyclic) bond motifs is 1. The molecule has 1 aromatic carbocycles. The van der Waals surface area contributed by atoms with Crippen molar-refractivity contribution < 1.29 is 0 Å². The SMILES string of the molecule is N#Cc1cnc(Nc2cccc(Cl)c2)c2c1CCCC2. The molecule has 2 aromatic rings. The van der Waals surface area contributed by atoms with Crippen LogP contribution in [0.4, 0.5) is 11.5 Å². The summed E-state index contributed by atoms with van der Waals surface area (Å²) in [5.74, 6) is 0.848. The maximum absolute atomic E-state index is 9.18. The number of hydrogen-bond acceptors (Lipinski definition) is 3. The van der Waals surface area contributed by atoms with Crippen molar-refractivity contribution in [3.63, 3.8) is 0 Å². The fourth-order valence-corrected chi connectivity index (χ4v) is 2.85. The molecular formula is C16H14ClN3. The molecule has 0 unspecified atom stereocenters. The highest BCUT2D eigenvalue weighted by Crippen LogP contribution is 2.30. The van der Waals surface area contributed by atoms with E-state index < -0.39 is 0 Å². The monoisotopic (exact) mass is 283 g/mol. The number of anilines is 2. The first kappa shape index (κ1) is 13.0. The largest absolute Gasteiger partial charge is 0.340 e. The van der Waals surface area contributed by atoms with Gasteiger partial charge in [-0.3, -0.25) is 0 Å². The van der Waals surface area contributed by atoms with Crippen LogP contribution in [0.15, 0.2) is 30.5 Å². The average molecular weight is 284 g/mol. The minimum absolute atomic E-state index is 0.692. The molecule has 100 valence electrons. The fourth-order valence-electron chi connectivity index (χ4n) is 2.66. The van der Waals surface area contributed by atoms with Gasteiger partial charge in [-0.15, -0.1) is 0 Å². The summed E-state index contributed by atoms with van der Waals surface area (Å²) < 4.78 is 0. The van der Waals surface area contributed by atoms with Gasteiger partial charge < -0.3 is 5.32 Å². The van der Waals surface area contributed by atoms with Crippen molar-refractivity contribution in [1.29, 1.82) is 5.26 Å². The van der Waals surface area contributed by atoms with E-state index in [2.05, 4.69) is 16.4 Å². The van der Waals surface area contributed by atoms with Crippen molar-refractivity contribution in [2.45, 2.75) is 25.7 Å². The Morgan fingerprint density at radius 3 is 2.75 bits per heavy atom. The van der Waals surface area contributed by atoms with Gasteiger partial charge in [0.25, 0.3) is 0 Å². The van der Waals surface area contributed by atoms with Crippen LogP contribution in [0.2, 0.25) is 5.02 Å². The van der Waals surface area contributed by atoms with Gasteiger partial charge in [-0.25, -0.2) is 4.98 Å². The highest BCUT2D eigenvalue weighted by Gasteiger charge is 2.18. The van der Waals surface area contributed by atoms with E-state index in [0.717, 1.165) is 42.8 Å². The molecule has 0 bridgehead atoms. The molecule has 3 rings (SSSR count). The van der Waals surface area contributed by atoms with Crippen LogP contribution >= 0.6 is 11.6 Å². The van der Waals surface area contributed by atoms with Gasteiger partial charge in [0.05, 0.1) is 5.56 Å². The van der Waals surface area contributed by atoms with E-state index in [1.807, 2.05) is 24.3 Å². The average Bonchev–Trinajstić information content (AvgIpc) is 2.48. The van der Waals surface area contributed by atoms with Crippen molar-refractivity contribution >= 4 is 23.1 Å². The zero-order chi connectivity index (χ0) is 13.9. The fraction of sp³-hybridized carbons (Fsp3) is 0.250. The highest BCUT2D eigenvalue weighted by atomic mass is 35.5. The predicted molar refractivity (Wildman–Crippen MR) is 80.3 cm³/mol. The Morgan fingerprint density at radius 2 is 2.00 bits per heavy atom. The van der Waals surface area contributed by atoms with Gasteiger partial charge in [0, 0.05) is 16.9 Å². The molecule has 1 aliphatic carbocycles. The Labute approximate surface area is 123 Å². The van der Waals surface area contributed by atoms with Gasteiger partial charge in [0.2, 0.25) is 0 Å². The van der Waals surface area contributed by atoms with Crippen LogP contribution < -0.4 is 5.32 Å². The third-order valence-electron chi connectivity index (χ3n) is 3.61. The van der Waals surface area contributed by atoms with Gasteiger partial charge in [-0.05, 0) is 55.0 Å². The molecular weight excluding hydrogens is 270 g/mol. The molecule has 1 N–H and O–H groups in total. The normalized spacial score (nSPS) is 13.4. The Kier molecular flexibility index (Phi) is 3.58. The van der Waals surface area contributed by atoms with Crippen LogP contribution in [0.1, 0.15) is 29.5 Å². The van der Waals surface area contributed by atoms with Crippen LogP contribution in [-0.2, 0) is 12.8 Å². The summed E-state index contributed by atoms with van der Waals surface area (Å²) in [6, 6.07) is 9.82. The van der Waals surface area contributed by atoms with E-state index in [1.54, 1.807) is 6.20 Å². The molecule has 0 fully saturated rings. The lowest BCUT2D eigenvalue weighted by molar-refractivity contribution is 0.682. The molecule has 20 heavy (non-hydrogen) atoms. The first-order chi connectivity index (χ1) is 9.78. The molecule has 0 saturated heterocycles. The zero-order valence-corrected chi connectivity index (χ0v) is 11.7. The second-order valence-corrected chi connectivity index (χ2v) is 5.37. The number of nitrogens with zero attached hydrogens (tertiary/aromatic N) is 2. The van der Waals surface area contributed by atoms with Crippen molar-refractivity contribution in [1.82, 2.24) is 4.98 Å². The standard InChI is InChI=1S/C16H14ClN3/c17-12-4-3-5-13(8-12)20-16-15-7-2-1-6-14(15)11(9-18)10-19-16/h3-5,8,10H,1-2,6-7H2,(H,19,20). The van der Waals surface area contributed by atoms with Crippen LogP contribution in [0.3, 0.4) is 0 Å². The summed E-state index contributed by atoms with van der Waals surface area (Å²) in [7, 11) is 0. The number of benzene rings is 1. The first-order valence-corrected chi connectivity index (χ1v) is 7.09. The number of aromatic nitrogens is 1. The van der Waals surface area contributed by atoms with Crippen molar-refractivity contribution in [2.24, 2.45) is 0 Å². The van der Waals surface area contributed by atoms with Gasteiger partial charge in [-0.1, -0.05) is 17.7 Å². The molecule has 0 atom stereocenters. The topological polar surface area (TPSA) is 48.7 Å². The number of hydrogen-bond donors (Lipinski definition) is 1. The maximum Gasteiger partial charge on any atom is 0.133 e. The lowest BCUT2D eigenvalue weighted by atomic mass is 9.89. The molecule has 0 aliphatic heterocycles. The molecule has 1 aliphatic rings. The van der Waals surface area contributed by atoms with Crippen LogP contribution in [0.25, 0.3) is 0 Å². The summed E-state index contributed by atoms with van der Waals surface area (Å²) in [6.07, 6.45) is 5.89. The molecule has 3 nitrogen and oxygen atoms in total. The predicted octanol–water partition coefficient (Wildman–Crippen LogP) is 4.23. The van der Waals surface area contributed by atoms with Crippen LogP contribution in [0, 0.1) is 11.3 Å². The van der Waals surface area contributed by atoms with Crippen molar-refractivity contribution in [3.8, 4) is 6.07 Å². The summed E-state index contributed by atoms with van der Waals surface area (Å²) in [5, 5.41) is 13.2. The van der Waals surface area contributed by atoms with E-state index in [9.17, 15) is 5.26 Å². The molecule has 0 saturated carbocycles. The van der Waals surface area contributed by atoms with Gasteiger partial charge in [-0.2, -0.15) is 5.26 Å². The van der Waals surface area contributed by atoms with Crippen molar-refractivity contribution in [2.75, 3.05) is 5.32 Å². The van der Waals surface area contributed by atoms with E-state index in [-0.39, 0.29) is 0 Å². The Balaban J connectivity index is 2.00. The smallest absolute Gasteiger partial charge is 0.133 e. The second-order valence-electron chi connectivity index (χ2n) is 4.93. The Morgan fingerprint density at radius 1 is 1.20 bits per heavy atom. The third kappa shape index (κ3) is 2.48. The van der Waals surface area contributed by atoms with Crippen LogP contribution in [0.5, 0.6) is 0 Å². The molecule has 4 heteroatoms. The number of nitriles is 1. The van der Waals surface area contributed by atoms with E-state index in [0.29, 0.717) is 10.6 Å². The molecule has 1 aromatic heterocycles. The van der Waals surface area contributed by atoms with Crippen LogP contribution in [-0.4, -0.2) is 4.98 Å². The Bertz CT molecular complexity index is 689. The van der Waals surface area contributed by atoms with E-state index in [1.165, 1.54) is 5.56 Å². The lowest BCUT2D eigenvalue weighted by Gasteiger charge is -2.20. The van der Waals surface area contributed by atoms with E-state index in [4.69, 9.17) is 11.6 Å². The third-order valence-corrected chi connectivity index (χ3v) is 3.84. The second kappa shape index (κ2) is 5.52. The van der Waals surface area contributed by atoms with E-state index >= 15 is 0 Å². The Hall–Kier alpha value is -2.05. The number of pyridine rings is 1. The van der Waals surface area contributed by atoms with Gasteiger partial charge >= 0.3 is 0 Å². The van der Waals surface area contributed by atoms with Crippen molar-refractivity contribution in [3.05, 3.63) is 52.2 Å². The van der Waals surface area contributed by atoms with Gasteiger partial charge in [0.15, 0.2) is 0 Å². The van der Waals surface area contributed by atoms with Gasteiger partial charge in [0.1, 0.15) is 11.9 Å². The summed E-state index contributed by atoms with van der Waals surface area (Å²) in [4.78, 5) is 4.41. The first-order valence-electron chi connectivity index (χ1n) is 6.71. The minimum Gasteiger partial charge on any atom is -0.340 e. The summed E-state index contributed by atoms with van der Waals surface area (Å²) in [6.45, 7) is 0. The quantitative estimate of drug-likeness (QED) is 0.897. The molecule has 0 radical (unpaired) electrons. The highest BCUT2D eigenvalue weighted by molar-refractivity contribution is 6.30. The molecule has 0 spiro atoms. The number of halogens is 1.